The average Bonchev–Trinajstić information content (AvgIpc) is 2.92. The van der Waals surface area contributed by atoms with Gasteiger partial charge in [-0.25, -0.2) is 0 Å². The molecule has 2 aromatic rings. The van der Waals surface area contributed by atoms with Gasteiger partial charge in [-0.3, -0.25) is 14.5 Å². The third kappa shape index (κ3) is 8.24. The zero-order valence-corrected chi connectivity index (χ0v) is 24.5. The predicted octanol–water partition coefficient (Wildman–Crippen LogP) is 5.92. The Bertz CT molecular complexity index is 1160. The molecule has 6 nitrogen and oxygen atoms in total. The summed E-state index contributed by atoms with van der Waals surface area (Å²) < 4.78 is 42.8. The lowest BCUT2D eigenvalue weighted by atomic mass is 9.82. The summed E-state index contributed by atoms with van der Waals surface area (Å²) in [6.07, 6.45) is -2.19. The number of piperazine rings is 1. The molecule has 0 aliphatic carbocycles. The number of rotatable bonds is 7. The number of carbonyl (C=O) groups excluding carboxylic acids is 2. The molecular weight excluding hydrogens is 531 g/mol. The average molecular weight is 574 g/mol. The molecule has 0 bridgehead atoms. The zero-order chi connectivity index (χ0) is 29.8. The number of nitrogens with zero attached hydrogens (tertiary/aromatic N) is 3. The quantitative estimate of drug-likeness (QED) is 0.413. The van der Waals surface area contributed by atoms with Gasteiger partial charge in [0.1, 0.15) is 5.75 Å². The van der Waals surface area contributed by atoms with E-state index in [1.807, 2.05) is 35.2 Å². The van der Waals surface area contributed by atoms with Crippen molar-refractivity contribution in [2.75, 3.05) is 39.3 Å². The van der Waals surface area contributed by atoms with Crippen molar-refractivity contribution in [2.45, 2.75) is 65.2 Å². The minimum Gasteiger partial charge on any atom is -0.484 e. The van der Waals surface area contributed by atoms with Gasteiger partial charge < -0.3 is 14.5 Å². The highest BCUT2D eigenvalue weighted by molar-refractivity contribution is 5.77. The number of carbonyl (C=O) groups is 2. The molecule has 0 saturated carbocycles. The van der Waals surface area contributed by atoms with Crippen LogP contribution in [0.3, 0.4) is 0 Å². The summed E-state index contributed by atoms with van der Waals surface area (Å²) in [5, 5.41) is 0. The van der Waals surface area contributed by atoms with Gasteiger partial charge >= 0.3 is 6.18 Å². The van der Waals surface area contributed by atoms with Crippen LogP contribution >= 0.6 is 0 Å². The van der Waals surface area contributed by atoms with Gasteiger partial charge in [-0.05, 0) is 47.4 Å². The van der Waals surface area contributed by atoms with Crippen LogP contribution in [-0.4, -0.2) is 78.1 Å². The number of hydrogen-bond acceptors (Lipinski definition) is 4. The highest BCUT2D eigenvalue weighted by atomic mass is 19.4. The van der Waals surface area contributed by atoms with Crippen molar-refractivity contribution in [3.05, 3.63) is 65.7 Å². The van der Waals surface area contributed by atoms with Crippen molar-refractivity contribution in [1.29, 1.82) is 0 Å². The summed E-state index contributed by atoms with van der Waals surface area (Å²) in [5.74, 6) is 0.727. The molecule has 4 rings (SSSR count). The number of piperidine rings is 1. The third-order valence-corrected chi connectivity index (χ3v) is 8.33. The molecule has 0 radical (unpaired) electrons. The number of ether oxygens (including phenoxy) is 1. The monoisotopic (exact) mass is 573 g/mol. The van der Waals surface area contributed by atoms with E-state index >= 15 is 0 Å². The van der Waals surface area contributed by atoms with E-state index < -0.39 is 12.8 Å². The van der Waals surface area contributed by atoms with Crippen LogP contribution in [0.25, 0.3) is 0 Å². The summed E-state index contributed by atoms with van der Waals surface area (Å²) in [6.45, 7) is 10.1. The summed E-state index contributed by atoms with van der Waals surface area (Å²) in [7, 11) is 0. The normalized spacial score (nSPS) is 20.1. The SMILES string of the molecule is CC(=O)N1CCC(CC(=O)N2CCN(C(c3ccccc3)c3ccc(OCC(F)(F)F)cc3)C[C@@H]2C(C)(C)C)CC1. The van der Waals surface area contributed by atoms with E-state index in [0.717, 1.165) is 24.0 Å². The number of amides is 2. The van der Waals surface area contributed by atoms with Crippen LogP contribution < -0.4 is 4.74 Å². The molecule has 2 saturated heterocycles. The van der Waals surface area contributed by atoms with Crippen molar-refractivity contribution in [3.8, 4) is 5.75 Å². The van der Waals surface area contributed by atoms with E-state index in [4.69, 9.17) is 4.74 Å². The first-order valence-corrected chi connectivity index (χ1v) is 14.5. The summed E-state index contributed by atoms with van der Waals surface area (Å²) in [5.41, 5.74) is 1.88. The first-order valence-electron chi connectivity index (χ1n) is 14.5. The van der Waals surface area contributed by atoms with Gasteiger partial charge in [-0.1, -0.05) is 63.2 Å². The van der Waals surface area contributed by atoms with Crippen molar-refractivity contribution >= 4 is 11.8 Å². The zero-order valence-electron chi connectivity index (χ0n) is 24.5. The molecule has 1 unspecified atom stereocenters. The van der Waals surface area contributed by atoms with Gasteiger partial charge in [0.25, 0.3) is 0 Å². The number of likely N-dealkylation sites (tertiary alicyclic amines) is 1. The van der Waals surface area contributed by atoms with E-state index in [0.29, 0.717) is 39.1 Å². The predicted molar refractivity (Wildman–Crippen MR) is 152 cm³/mol. The standard InChI is InChI=1S/C32H42F3N3O3/c1-23(39)36-16-14-24(15-17-36)20-29(40)38-19-18-37(21-28(38)31(2,3)4)30(25-8-6-5-7-9-25)26-10-12-27(13-11-26)41-22-32(33,34)35/h5-13,24,28,30H,14-22H2,1-4H3/t28-,30?/m1/s1. The lowest BCUT2D eigenvalue weighted by molar-refractivity contribution is -0.153. The topological polar surface area (TPSA) is 53.1 Å². The van der Waals surface area contributed by atoms with Gasteiger partial charge in [0.2, 0.25) is 11.8 Å². The Balaban J connectivity index is 1.51. The molecule has 2 aliphatic rings. The molecule has 224 valence electrons. The second-order valence-corrected chi connectivity index (χ2v) is 12.4. The van der Waals surface area contributed by atoms with Gasteiger partial charge in [0.05, 0.1) is 6.04 Å². The Hall–Kier alpha value is -3.07. The largest absolute Gasteiger partial charge is 0.484 e. The first kappa shape index (κ1) is 30.9. The number of benzene rings is 2. The summed E-state index contributed by atoms with van der Waals surface area (Å²) in [6, 6.07) is 16.8. The molecule has 2 aromatic carbocycles. The molecule has 0 aromatic heterocycles. The van der Waals surface area contributed by atoms with Gasteiger partial charge in [0, 0.05) is 52.1 Å². The molecule has 2 fully saturated rings. The van der Waals surface area contributed by atoms with Crippen LogP contribution in [0.4, 0.5) is 13.2 Å². The van der Waals surface area contributed by atoms with Crippen molar-refractivity contribution in [2.24, 2.45) is 11.3 Å². The fourth-order valence-electron chi connectivity index (χ4n) is 6.06. The minimum atomic E-state index is -4.39. The van der Waals surface area contributed by atoms with Crippen LogP contribution in [0.2, 0.25) is 0 Å². The van der Waals surface area contributed by atoms with Crippen LogP contribution in [0.15, 0.2) is 54.6 Å². The van der Waals surface area contributed by atoms with Crippen molar-refractivity contribution in [3.63, 3.8) is 0 Å². The summed E-state index contributed by atoms with van der Waals surface area (Å²) in [4.78, 5) is 31.7. The third-order valence-electron chi connectivity index (χ3n) is 8.33. The Morgan fingerprint density at radius 1 is 0.902 bits per heavy atom. The molecule has 0 spiro atoms. The van der Waals surface area contributed by atoms with Crippen LogP contribution in [0.1, 0.15) is 64.1 Å². The van der Waals surface area contributed by atoms with Crippen molar-refractivity contribution < 1.29 is 27.5 Å². The lowest BCUT2D eigenvalue weighted by Gasteiger charge is -2.50. The Morgan fingerprint density at radius 3 is 2.07 bits per heavy atom. The Morgan fingerprint density at radius 2 is 1.51 bits per heavy atom. The molecule has 9 heteroatoms. The number of halogens is 3. The van der Waals surface area contributed by atoms with Gasteiger partial charge in [-0.15, -0.1) is 0 Å². The molecule has 2 heterocycles. The minimum absolute atomic E-state index is 0.0123. The highest BCUT2D eigenvalue weighted by Gasteiger charge is 2.41. The Kier molecular flexibility index (Phi) is 9.67. The van der Waals surface area contributed by atoms with Gasteiger partial charge in [0.15, 0.2) is 6.61 Å². The van der Waals surface area contributed by atoms with E-state index in [9.17, 15) is 22.8 Å². The number of alkyl halides is 3. The first-order chi connectivity index (χ1) is 19.3. The van der Waals surface area contributed by atoms with Crippen LogP contribution in [0.5, 0.6) is 5.75 Å². The van der Waals surface area contributed by atoms with Crippen LogP contribution in [-0.2, 0) is 9.59 Å². The summed E-state index contributed by atoms with van der Waals surface area (Å²) >= 11 is 0. The lowest BCUT2D eigenvalue weighted by Crippen LogP contribution is -2.60. The Labute approximate surface area is 241 Å². The van der Waals surface area contributed by atoms with E-state index in [-0.39, 0.29) is 41.0 Å². The van der Waals surface area contributed by atoms with E-state index in [1.54, 1.807) is 19.1 Å². The molecule has 0 N–H and O–H groups in total. The smallest absolute Gasteiger partial charge is 0.422 e. The second-order valence-electron chi connectivity index (χ2n) is 12.4. The van der Waals surface area contributed by atoms with E-state index in [1.165, 1.54) is 0 Å². The van der Waals surface area contributed by atoms with Gasteiger partial charge in [-0.2, -0.15) is 13.2 Å². The maximum atomic E-state index is 13.7. The second kappa shape index (κ2) is 12.8. The molecule has 2 amide bonds. The molecule has 2 aliphatic heterocycles. The maximum absolute atomic E-state index is 13.7. The highest BCUT2D eigenvalue weighted by Crippen LogP contribution is 2.36. The fraction of sp³-hybridized carbons (Fsp3) is 0.562. The molecule has 2 atom stereocenters. The fourth-order valence-corrected chi connectivity index (χ4v) is 6.06. The maximum Gasteiger partial charge on any atom is 0.422 e. The van der Waals surface area contributed by atoms with Crippen LogP contribution in [0, 0.1) is 11.3 Å². The van der Waals surface area contributed by atoms with Crippen molar-refractivity contribution in [1.82, 2.24) is 14.7 Å². The number of hydrogen-bond donors (Lipinski definition) is 0. The molecule has 41 heavy (non-hydrogen) atoms. The molecular formula is C32H42F3N3O3. The van der Waals surface area contributed by atoms with E-state index in [2.05, 4.69) is 42.7 Å².